The van der Waals surface area contributed by atoms with Gasteiger partial charge in [0, 0.05) is 12.0 Å². The second-order valence-corrected chi connectivity index (χ2v) is 3.97. The predicted octanol–water partition coefficient (Wildman–Crippen LogP) is 0.512. The lowest BCUT2D eigenvalue weighted by molar-refractivity contribution is -0.126. The Balaban J connectivity index is 2.40. The van der Waals surface area contributed by atoms with Crippen LogP contribution in [0.2, 0.25) is 0 Å². The molecule has 3 atom stereocenters. The second-order valence-electron chi connectivity index (χ2n) is 3.97. The molecular weight excluding hydrogens is 176 g/mol. The monoisotopic (exact) mass is 194 g/mol. The minimum absolute atomic E-state index is 0.101. The van der Waals surface area contributed by atoms with Crippen molar-refractivity contribution >= 4 is 5.91 Å². The van der Waals surface area contributed by atoms with Crippen molar-refractivity contribution in [2.24, 2.45) is 5.92 Å². The maximum atomic E-state index is 11.7. The third kappa shape index (κ3) is 3.04. The summed E-state index contributed by atoms with van der Waals surface area (Å²) in [6.07, 6.45) is 7.02. The lowest BCUT2D eigenvalue weighted by Crippen LogP contribution is -2.44. The molecule has 0 aromatic heterocycles. The van der Waals surface area contributed by atoms with Gasteiger partial charge in [0.2, 0.25) is 5.91 Å². The molecule has 1 saturated heterocycles. The summed E-state index contributed by atoms with van der Waals surface area (Å²) in [5, 5.41) is 6.13. The highest BCUT2D eigenvalue weighted by atomic mass is 16.1. The number of rotatable bonds is 2. The van der Waals surface area contributed by atoms with Gasteiger partial charge in [0.15, 0.2) is 0 Å². The SMILES string of the molecule is C#CC(C)NC(=O)C1CCNC(C)C1. The van der Waals surface area contributed by atoms with Crippen LogP contribution in [0.15, 0.2) is 0 Å². The minimum Gasteiger partial charge on any atom is -0.343 e. The van der Waals surface area contributed by atoms with E-state index in [-0.39, 0.29) is 17.9 Å². The van der Waals surface area contributed by atoms with Crippen LogP contribution in [0.25, 0.3) is 0 Å². The fourth-order valence-corrected chi connectivity index (χ4v) is 1.74. The van der Waals surface area contributed by atoms with E-state index in [0.717, 1.165) is 19.4 Å². The molecular formula is C11H18N2O. The van der Waals surface area contributed by atoms with E-state index in [1.165, 1.54) is 0 Å². The van der Waals surface area contributed by atoms with E-state index < -0.39 is 0 Å². The Morgan fingerprint density at radius 2 is 2.43 bits per heavy atom. The Kier molecular flexibility index (Phi) is 3.97. The van der Waals surface area contributed by atoms with Gasteiger partial charge in [-0.3, -0.25) is 4.79 Å². The molecule has 1 fully saturated rings. The van der Waals surface area contributed by atoms with E-state index in [4.69, 9.17) is 6.42 Å². The Labute approximate surface area is 85.6 Å². The van der Waals surface area contributed by atoms with E-state index in [0.29, 0.717) is 6.04 Å². The zero-order valence-corrected chi connectivity index (χ0v) is 8.84. The summed E-state index contributed by atoms with van der Waals surface area (Å²) in [7, 11) is 0. The number of nitrogens with one attached hydrogen (secondary N) is 2. The van der Waals surface area contributed by atoms with Crippen LogP contribution >= 0.6 is 0 Å². The van der Waals surface area contributed by atoms with Crippen molar-refractivity contribution in [3.63, 3.8) is 0 Å². The summed E-state index contributed by atoms with van der Waals surface area (Å²) in [6, 6.07) is 0.272. The highest BCUT2D eigenvalue weighted by Gasteiger charge is 2.24. The number of piperidine rings is 1. The fraction of sp³-hybridized carbons (Fsp3) is 0.727. The lowest BCUT2D eigenvalue weighted by atomic mass is 9.92. The van der Waals surface area contributed by atoms with Crippen molar-refractivity contribution in [1.29, 1.82) is 0 Å². The fourth-order valence-electron chi connectivity index (χ4n) is 1.74. The first kappa shape index (κ1) is 11.1. The molecule has 1 rings (SSSR count). The topological polar surface area (TPSA) is 41.1 Å². The molecule has 1 aliphatic rings. The quantitative estimate of drug-likeness (QED) is 0.629. The second kappa shape index (κ2) is 5.02. The first-order valence-corrected chi connectivity index (χ1v) is 5.13. The maximum absolute atomic E-state index is 11.7. The van der Waals surface area contributed by atoms with Gasteiger partial charge in [0.1, 0.15) is 0 Å². The average molecular weight is 194 g/mol. The number of terminal acetylenes is 1. The van der Waals surface area contributed by atoms with Crippen LogP contribution in [0.1, 0.15) is 26.7 Å². The minimum atomic E-state index is -0.160. The van der Waals surface area contributed by atoms with Gasteiger partial charge < -0.3 is 10.6 Å². The number of carbonyl (C=O) groups excluding carboxylic acids is 1. The highest BCUT2D eigenvalue weighted by molar-refractivity contribution is 5.79. The molecule has 3 unspecified atom stereocenters. The molecule has 0 radical (unpaired) electrons. The summed E-state index contributed by atoms with van der Waals surface area (Å²) < 4.78 is 0. The van der Waals surface area contributed by atoms with Crippen LogP contribution in [0, 0.1) is 18.3 Å². The predicted molar refractivity (Wildman–Crippen MR) is 56.6 cm³/mol. The van der Waals surface area contributed by atoms with Gasteiger partial charge in [-0.15, -0.1) is 6.42 Å². The lowest BCUT2D eigenvalue weighted by Gasteiger charge is -2.27. The maximum Gasteiger partial charge on any atom is 0.224 e. The van der Waals surface area contributed by atoms with Crippen molar-refractivity contribution in [3.8, 4) is 12.3 Å². The number of carbonyl (C=O) groups is 1. The summed E-state index contributed by atoms with van der Waals surface area (Å²) in [4.78, 5) is 11.7. The first-order valence-electron chi connectivity index (χ1n) is 5.13. The van der Waals surface area contributed by atoms with E-state index >= 15 is 0 Å². The first-order chi connectivity index (χ1) is 6.63. The molecule has 3 nitrogen and oxygen atoms in total. The van der Waals surface area contributed by atoms with Gasteiger partial charge in [-0.2, -0.15) is 0 Å². The van der Waals surface area contributed by atoms with Gasteiger partial charge in [-0.25, -0.2) is 0 Å². The smallest absolute Gasteiger partial charge is 0.224 e. The summed E-state index contributed by atoms with van der Waals surface area (Å²) in [5.41, 5.74) is 0. The molecule has 0 aromatic carbocycles. The van der Waals surface area contributed by atoms with E-state index in [1.807, 2.05) is 6.92 Å². The van der Waals surface area contributed by atoms with Gasteiger partial charge in [0.25, 0.3) is 0 Å². The van der Waals surface area contributed by atoms with Crippen LogP contribution in [-0.2, 0) is 4.79 Å². The van der Waals surface area contributed by atoms with Crippen molar-refractivity contribution in [1.82, 2.24) is 10.6 Å². The molecule has 0 aromatic rings. The van der Waals surface area contributed by atoms with Gasteiger partial charge >= 0.3 is 0 Å². The van der Waals surface area contributed by atoms with Gasteiger partial charge in [-0.05, 0) is 33.2 Å². The Morgan fingerprint density at radius 3 is 3.00 bits per heavy atom. The van der Waals surface area contributed by atoms with Gasteiger partial charge in [-0.1, -0.05) is 5.92 Å². The molecule has 2 N–H and O–H groups in total. The molecule has 14 heavy (non-hydrogen) atoms. The molecule has 1 aliphatic heterocycles. The Bertz CT molecular complexity index is 244. The molecule has 1 amide bonds. The van der Waals surface area contributed by atoms with Crippen molar-refractivity contribution < 1.29 is 4.79 Å². The Morgan fingerprint density at radius 1 is 1.71 bits per heavy atom. The van der Waals surface area contributed by atoms with Crippen molar-refractivity contribution in [2.75, 3.05) is 6.54 Å². The summed E-state index contributed by atoms with van der Waals surface area (Å²) in [5.74, 6) is 2.73. The van der Waals surface area contributed by atoms with Gasteiger partial charge in [0.05, 0.1) is 6.04 Å². The van der Waals surface area contributed by atoms with Crippen LogP contribution in [0.3, 0.4) is 0 Å². The normalized spacial score (nSPS) is 28.9. The number of hydrogen-bond donors (Lipinski definition) is 2. The van der Waals surface area contributed by atoms with Crippen LogP contribution in [-0.4, -0.2) is 24.5 Å². The summed E-state index contributed by atoms with van der Waals surface area (Å²) in [6.45, 7) is 4.84. The number of amides is 1. The van der Waals surface area contributed by atoms with E-state index in [1.54, 1.807) is 0 Å². The van der Waals surface area contributed by atoms with E-state index in [2.05, 4.69) is 23.5 Å². The standard InChI is InChI=1S/C11H18N2O/c1-4-8(2)13-11(14)10-5-6-12-9(3)7-10/h1,8-10,12H,5-7H2,2-3H3,(H,13,14). The van der Waals surface area contributed by atoms with Crippen LogP contribution in [0.5, 0.6) is 0 Å². The molecule has 0 spiro atoms. The van der Waals surface area contributed by atoms with Crippen molar-refractivity contribution in [3.05, 3.63) is 0 Å². The third-order valence-corrected chi connectivity index (χ3v) is 2.60. The molecule has 0 saturated carbocycles. The molecule has 1 heterocycles. The zero-order chi connectivity index (χ0) is 10.6. The average Bonchev–Trinajstić information content (AvgIpc) is 2.17. The van der Waals surface area contributed by atoms with Crippen molar-refractivity contribution in [2.45, 2.75) is 38.8 Å². The third-order valence-electron chi connectivity index (χ3n) is 2.60. The van der Waals surface area contributed by atoms with Crippen LogP contribution < -0.4 is 10.6 Å². The Hall–Kier alpha value is -1.01. The zero-order valence-electron chi connectivity index (χ0n) is 8.84. The molecule has 0 aliphatic carbocycles. The summed E-state index contributed by atoms with van der Waals surface area (Å²) >= 11 is 0. The molecule has 3 heteroatoms. The van der Waals surface area contributed by atoms with Crippen LogP contribution in [0.4, 0.5) is 0 Å². The molecule has 78 valence electrons. The number of hydrogen-bond acceptors (Lipinski definition) is 2. The highest BCUT2D eigenvalue weighted by Crippen LogP contribution is 2.15. The largest absolute Gasteiger partial charge is 0.343 e. The molecule has 0 bridgehead atoms. The van der Waals surface area contributed by atoms with E-state index in [9.17, 15) is 4.79 Å².